The molecule has 1 heterocycles. The van der Waals surface area contributed by atoms with Gasteiger partial charge in [0.2, 0.25) is 0 Å². The normalized spacial score (nSPS) is 10.5. The number of nitrogens with one attached hydrogen (secondary N) is 1. The Balaban J connectivity index is 3.06. The van der Waals surface area contributed by atoms with E-state index < -0.39 is 6.03 Å². The van der Waals surface area contributed by atoms with E-state index in [1.807, 2.05) is 5.43 Å². The molecule has 0 aliphatic carbocycles. The summed E-state index contributed by atoms with van der Waals surface area (Å²) in [7, 11) is 0. The Morgan fingerprint density at radius 2 is 2.54 bits per heavy atom. The molecule has 0 unspecified atom stereocenters. The first-order valence-corrected chi connectivity index (χ1v) is 3.22. The molecule has 13 heavy (non-hydrogen) atoms. The van der Waals surface area contributed by atoms with Crippen LogP contribution in [0.2, 0.25) is 0 Å². The second-order valence-corrected chi connectivity index (χ2v) is 2.08. The number of nitrogens with zero attached hydrogens (tertiary/aromatic N) is 3. The summed E-state index contributed by atoms with van der Waals surface area (Å²) in [6.07, 6.45) is 2.17. The maximum Gasteiger partial charge on any atom is 0.342 e. The molecule has 0 aliphatic rings. The second-order valence-electron chi connectivity index (χ2n) is 2.08. The highest BCUT2D eigenvalue weighted by atomic mass is 16.4. The van der Waals surface area contributed by atoms with Crippen molar-refractivity contribution in [2.75, 3.05) is 5.73 Å². The Morgan fingerprint density at radius 1 is 1.85 bits per heavy atom. The molecule has 0 radical (unpaired) electrons. The van der Waals surface area contributed by atoms with Crippen molar-refractivity contribution in [3.8, 4) is 0 Å². The number of hydrazine groups is 1. The fraction of sp³-hybridized carbons (Fsp3) is 0. The molecular weight excluding hydrogens is 176 g/mol. The summed E-state index contributed by atoms with van der Waals surface area (Å²) >= 11 is 0. The summed E-state index contributed by atoms with van der Waals surface area (Å²) in [5.74, 6) is 4.91. The minimum absolute atomic E-state index is 0.0424. The molecule has 8 heteroatoms. The zero-order valence-corrected chi connectivity index (χ0v) is 6.51. The molecule has 0 spiro atoms. The van der Waals surface area contributed by atoms with Crippen LogP contribution in [-0.4, -0.2) is 27.0 Å². The van der Waals surface area contributed by atoms with Crippen LogP contribution in [0.4, 0.5) is 10.6 Å². The van der Waals surface area contributed by atoms with Gasteiger partial charge in [-0.05, 0) is 0 Å². The fourth-order valence-electron chi connectivity index (χ4n) is 0.757. The van der Waals surface area contributed by atoms with E-state index in [1.165, 1.54) is 0 Å². The van der Waals surface area contributed by atoms with Gasteiger partial charge >= 0.3 is 6.03 Å². The average Bonchev–Trinajstić information content (AvgIpc) is 2.48. The lowest BCUT2D eigenvalue weighted by Gasteiger charge is -2.00. The van der Waals surface area contributed by atoms with Crippen molar-refractivity contribution in [3.05, 3.63) is 12.0 Å². The van der Waals surface area contributed by atoms with E-state index in [-0.39, 0.29) is 11.5 Å². The molecule has 0 saturated carbocycles. The molecule has 8 nitrogen and oxygen atoms in total. The van der Waals surface area contributed by atoms with Crippen LogP contribution >= 0.6 is 0 Å². The molecule has 0 bridgehead atoms. The van der Waals surface area contributed by atoms with Gasteiger partial charge in [0.15, 0.2) is 0 Å². The minimum atomic E-state index is -0.623. The van der Waals surface area contributed by atoms with Crippen molar-refractivity contribution in [1.29, 1.82) is 0 Å². The van der Waals surface area contributed by atoms with Crippen LogP contribution in [0.15, 0.2) is 11.5 Å². The molecule has 0 fully saturated rings. The molecule has 0 aromatic carbocycles. The number of amides is 1. The maximum atomic E-state index is 11.0. The Labute approximate surface area is 72.8 Å². The summed E-state index contributed by atoms with van der Waals surface area (Å²) < 4.78 is 0.983. The third-order valence-corrected chi connectivity index (χ3v) is 1.36. The first kappa shape index (κ1) is 9.00. The number of oxime groups is 1. The van der Waals surface area contributed by atoms with Gasteiger partial charge in [-0.15, -0.1) is 0 Å². The lowest BCUT2D eigenvalue weighted by Crippen LogP contribution is -2.34. The number of carbonyl (C=O) groups excluding carboxylic acids is 1. The molecule has 1 aromatic heterocycles. The van der Waals surface area contributed by atoms with Crippen LogP contribution in [0.3, 0.4) is 0 Å². The molecule has 6 N–H and O–H groups in total. The molecule has 0 atom stereocenters. The smallest absolute Gasteiger partial charge is 0.342 e. The topological polar surface area (TPSA) is 132 Å². The number of imidazole rings is 1. The van der Waals surface area contributed by atoms with Gasteiger partial charge < -0.3 is 10.9 Å². The quantitative estimate of drug-likeness (QED) is 0.142. The molecule has 1 aromatic rings. The highest BCUT2D eigenvalue weighted by molar-refractivity contribution is 5.88. The van der Waals surface area contributed by atoms with Crippen LogP contribution < -0.4 is 17.0 Å². The highest BCUT2D eigenvalue weighted by Gasteiger charge is 2.10. The van der Waals surface area contributed by atoms with Gasteiger partial charge in [-0.25, -0.2) is 20.2 Å². The third-order valence-electron chi connectivity index (χ3n) is 1.36. The third kappa shape index (κ3) is 1.56. The number of rotatable bonds is 1. The van der Waals surface area contributed by atoms with E-state index in [0.29, 0.717) is 0 Å². The van der Waals surface area contributed by atoms with Gasteiger partial charge in [-0.1, -0.05) is 5.16 Å². The number of nitrogens with two attached hydrogens (primary N) is 2. The van der Waals surface area contributed by atoms with Crippen molar-refractivity contribution >= 4 is 18.1 Å². The van der Waals surface area contributed by atoms with Crippen molar-refractivity contribution in [2.45, 2.75) is 0 Å². The Kier molecular flexibility index (Phi) is 2.45. The van der Waals surface area contributed by atoms with E-state index in [9.17, 15) is 4.79 Å². The van der Waals surface area contributed by atoms with Crippen LogP contribution in [0.1, 0.15) is 5.69 Å². The van der Waals surface area contributed by atoms with Crippen molar-refractivity contribution in [1.82, 2.24) is 15.0 Å². The Bertz CT molecular complexity index is 343. The van der Waals surface area contributed by atoms with E-state index in [2.05, 4.69) is 10.1 Å². The van der Waals surface area contributed by atoms with Crippen molar-refractivity contribution < 1.29 is 10.0 Å². The Hall–Kier alpha value is -2.09. The number of nitrogen functional groups attached to an aromatic ring is 2. The van der Waals surface area contributed by atoms with Gasteiger partial charge in [-0.3, -0.25) is 5.43 Å². The summed E-state index contributed by atoms with van der Waals surface area (Å²) in [5, 5.41) is 10.9. The van der Waals surface area contributed by atoms with Gasteiger partial charge in [0.1, 0.15) is 17.8 Å². The number of hydrogen-bond acceptors (Lipinski definition) is 6. The molecule has 0 saturated heterocycles. The first-order valence-electron chi connectivity index (χ1n) is 3.22. The average molecular weight is 184 g/mol. The standard InChI is InChI=1S/C5H8N6O2/c6-4-3(1-9-13)8-2-11(4)5(12)10-7/h1-2,13H,6-7H2,(H,10,12)/b9-1-. The number of carbonyl (C=O) groups is 1. The van der Waals surface area contributed by atoms with E-state index in [4.69, 9.17) is 16.8 Å². The lowest BCUT2D eigenvalue weighted by molar-refractivity contribution is 0.243. The minimum Gasteiger partial charge on any atom is -0.411 e. The summed E-state index contributed by atoms with van der Waals surface area (Å²) in [6.45, 7) is 0. The molecule has 0 aliphatic heterocycles. The second kappa shape index (κ2) is 3.54. The van der Waals surface area contributed by atoms with E-state index in [0.717, 1.165) is 17.1 Å². The molecular formula is C5H8N6O2. The summed E-state index contributed by atoms with van der Waals surface area (Å²) in [5.41, 5.74) is 7.51. The van der Waals surface area contributed by atoms with Crippen LogP contribution in [-0.2, 0) is 0 Å². The lowest BCUT2D eigenvalue weighted by atomic mass is 10.5. The van der Waals surface area contributed by atoms with E-state index >= 15 is 0 Å². The molecule has 70 valence electrons. The highest BCUT2D eigenvalue weighted by Crippen LogP contribution is 2.06. The van der Waals surface area contributed by atoms with Crippen molar-refractivity contribution in [3.63, 3.8) is 0 Å². The molecule has 1 rings (SSSR count). The SMILES string of the molecule is NNC(=O)n1cnc(/C=N\O)c1N. The Morgan fingerprint density at radius 3 is 3.08 bits per heavy atom. The van der Waals surface area contributed by atoms with Gasteiger partial charge in [-0.2, -0.15) is 0 Å². The fourth-order valence-corrected chi connectivity index (χ4v) is 0.757. The zero-order valence-electron chi connectivity index (χ0n) is 6.51. The summed E-state index contributed by atoms with van der Waals surface area (Å²) in [4.78, 5) is 14.6. The molecule has 1 amide bonds. The number of anilines is 1. The van der Waals surface area contributed by atoms with Crippen LogP contribution in [0.5, 0.6) is 0 Å². The van der Waals surface area contributed by atoms with E-state index in [1.54, 1.807) is 0 Å². The predicted molar refractivity (Wildman–Crippen MR) is 44.1 cm³/mol. The van der Waals surface area contributed by atoms with Crippen LogP contribution in [0, 0.1) is 0 Å². The van der Waals surface area contributed by atoms with Gasteiger partial charge in [0, 0.05) is 0 Å². The summed E-state index contributed by atoms with van der Waals surface area (Å²) in [6, 6.07) is -0.623. The largest absolute Gasteiger partial charge is 0.411 e. The maximum absolute atomic E-state index is 11.0. The van der Waals surface area contributed by atoms with Crippen LogP contribution in [0.25, 0.3) is 0 Å². The first-order chi connectivity index (χ1) is 6.20. The number of hydrogen-bond donors (Lipinski definition) is 4. The monoisotopic (exact) mass is 184 g/mol. The predicted octanol–water partition coefficient (Wildman–Crippen LogP) is -1.30. The zero-order chi connectivity index (χ0) is 9.84. The van der Waals surface area contributed by atoms with Crippen molar-refractivity contribution in [2.24, 2.45) is 11.0 Å². The van der Waals surface area contributed by atoms with Gasteiger partial charge in [0.25, 0.3) is 0 Å². The van der Waals surface area contributed by atoms with Gasteiger partial charge in [0.05, 0.1) is 6.21 Å². The number of aromatic nitrogens is 2.